The van der Waals surface area contributed by atoms with Crippen LogP contribution in [-0.4, -0.2) is 31.6 Å². The van der Waals surface area contributed by atoms with E-state index in [1.54, 1.807) is 0 Å². The smallest absolute Gasteiger partial charge is 0.337 e. The molecule has 0 aliphatic carbocycles. The molecule has 0 radical (unpaired) electrons. The molecule has 0 saturated carbocycles. The topological polar surface area (TPSA) is 64.6 Å². The van der Waals surface area contributed by atoms with Gasteiger partial charge in [0.25, 0.3) is 0 Å². The van der Waals surface area contributed by atoms with Gasteiger partial charge in [-0.1, -0.05) is 28.1 Å². The number of carbonyl (C=O) groups excluding carboxylic acids is 2. The number of ketones is 1. The van der Waals surface area contributed by atoms with Crippen LogP contribution >= 0.6 is 15.9 Å². The number of hydrogen-bond acceptors (Lipinski definition) is 5. The minimum Gasteiger partial charge on any atom is -0.456 e. The van der Waals surface area contributed by atoms with Crippen molar-refractivity contribution in [3.8, 4) is 0 Å². The third kappa shape index (κ3) is 2.24. The van der Waals surface area contributed by atoms with Crippen molar-refractivity contribution in [1.82, 2.24) is 5.32 Å². The number of cyclic esters (lactones) is 1. The Labute approximate surface area is 141 Å². The first-order valence-electron chi connectivity index (χ1n) is 7.33. The van der Waals surface area contributed by atoms with Crippen molar-refractivity contribution >= 4 is 27.7 Å². The van der Waals surface area contributed by atoms with Gasteiger partial charge in [-0.2, -0.15) is 0 Å². The van der Waals surface area contributed by atoms with Crippen LogP contribution in [0.3, 0.4) is 0 Å². The Hall–Kier alpha value is -1.92. The molecule has 0 spiro atoms. The monoisotopic (exact) mass is 375 g/mol. The van der Waals surface area contributed by atoms with Gasteiger partial charge in [0, 0.05) is 21.7 Å². The summed E-state index contributed by atoms with van der Waals surface area (Å²) in [7, 11) is 0. The highest BCUT2D eigenvalue weighted by atomic mass is 79.9. The molecule has 23 heavy (non-hydrogen) atoms. The first-order valence-corrected chi connectivity index (χ1v) is 8.13. The van der Waals surface area contributed by atoms with E-state index < -0.39 is 5.92 Å². The molecule has 0 bridgehead atoms. The van der Waals surface area contributed by atoms with Crippen LogP contribution in [0.2, 0.25) is 0 Å². The zero-order valence-corrected chi connectivity index (χ0v) is 14.0. The largest absolute Gasteiger partial charge is 0.456 e. The molecule has 6 heteroatoms. The zero-order chi connectivity index (χ0) is 16.1. The fraction of sp³-hybridized carbons (Fsp3) is 0.294. The number of dihydropyridines is 1. The molecule has 0 unspecified atom stereocenters. The van der Waals surface area contributed by atoms with Crippen LogP contribution in [0.15, 0.2) is 45.2 Å². The van der Waals surface area contributed by atoms with Crippen LogP contribution in [0.5, 0.6) is 0 Å². The predicted octanol–water partition coefficient (Wildman–Crippen LogP) is 2.11. The second-order valence-electron chi connectivity index (χ2n) is 5.84. The maximum Gasteiger partial charge on any atom is 0.337 e. The average Bonchev–Trinajstić information content (AvgIpc) is 2.90. The minimum atomic E-state index is -0.399. The third-order valence-electron chi connectivity index (χ3n) is 4.41. The maximum absolute atomic E-state index is 12.5. The summed E-state index contributed by atoms with van der Waals surface area (Å²) in [6, 6.07) is 5.90. The molecule has 1 aromatic rings. The van der Waals surface area contributed by atoms with Crippen LogP contribution in [0.4, 0.5) is 0 Å². The van der Waals surface area contributed by atoms with Gasteiger partial charge in [0.1, 0.15) is 13.2 Å². The molecule has 3 heterocycles. The van der Waals surface area contributed by atoms with E-state index in [9.17, 15) is 9.59 Å². The van der Waals surface area contributed by atoms with E-state index in [4.69, 9.17) is 9.47 Å². The van der Waals surface area contributed by atoms with Gasteiger partial charge in [0.05, 0.1) is 17.9 Å². The highest BCUT2D eigenvalue weighted by Gasteiger charge is 2.43. The second-order valence-corrected chi connectivity index (χ2v) is 6.70. The van der Waals surface area contributed by atoms with Gasteiger partial charge in [-0.25, -0.2) is 4.79 Å². The van der Waals surface area contributed by atoms with E-state index in [0.717, 1.165) is 27.0 Å². The molecule has 1 atom stereocenters. The molecule has 118 valence electrons. The van der Waals surface area contributed by atoms with Crippen LogP contribution in [0, 0.1) is 6.92 Å². The molecule has 3 aliphatic rings. The second kappa shape index (κ2) is 5.32. The highest BCUT2D eigenvalue weighted by molar-refractivity contribution is 9.10. The SMILES string of the molecule is Cc1ccc([C@@H]2C3=C(COCC3=O)NC3=C2C(=O)OC3)cc1Br. The van der Waals surface area contributed by atoms with Gasteiger partial charge >= 0.3 is 5.97 Å². The quantitative estimate of drug-likeness (QED) is 0.761. The highest BCUT2D eigenvalue weighted by Crippen LogP contribution is 2.43. The number of Topliss-reactive ketones (excluding diaryl/α,β-unsaturated/α-hetero) is 1. The number of carbonyl (C=O) groups is 2. The fourth-order valence-electron chi connectivity index (χ4n) is 3.27. The summed E-state index contributed by atoms with van der Waals surface area (Å²) < 4.78 is 11.5. The lowest BCUT2D eigenvalue weighted by molar-refractivity contribution is -0.136. The Morgan fingerprint density at radius 3 is 2.70 bits per heavy atom. The molecule has 1 aromatic carbocycles. The first kappa shape index (κ1) is 14.7. The standard InChI is InChI=1S/C17H14BrNO4/c1-8-2-3-9(4-10(8)18)14-15-11(5-22-7-13(15)20)19-12-6-23-17(21)16(12)14/h2-4,14,19H,5-7H2,1H3/t14-/m1/s1. The Kier molecular flexibility index (Phi) is 3.39. The zero-order valence-electron chi connectivity index (χ0n) is 12.4. The van der Waals surface area contributed by atoms with E-state index >= 15 is 0 Å². The van der Waals surface area contributed by atoms with Crippen molar-refractivity contribution in [3.05, 3.63) is 56.3 Å². The molecule has 0 amide bonds. The van der Waals surface area contributed by atoms with E-state index in [1.165, 1.54) is 0 Å². The van der Waals surface area contributed by atoms with Gasteiger partial charge in [-0.3, -0.25) is 4.79 Å². The molecule has 0 saturated heterocycles. The summed E-state index contributed by atoms with van der Waals surface area (Å²) in [4.78, 5) is 24.7. The number of halogens is 1. The first-order chi connectivity index (χ1) is 11.1. The third-order valence-corrected chi connectivity index (χ3v) is 5.26. The van der Waals surface area contributed by atoms with Crippen molar-refractivity contribution in [3.63, 3.8) is 0 Å². The fourth-order valence-corrected chi connectivity index (χ4v) is 3.67. The number of ether oxygens (including phenoxy) is 2. The molecule has 0 aromatic heterocycles. The predicted molar refractivity (Wildman–Crippen MR) is 85.6 cm³/mol. The number of esters is 1. The molecular weight excluding hydrogens is 362 g/mol. The van der Waals surface area contributed by atoms with E-state index in [-0.39, 0.29) is 25.0 Å². The van der Waals surface area contributed by atoms with Crippen molar-refractivity contribution in [1.29, 1.82) is 0 Å². The van der Waals surface area contributed by atoms with Gasteiger partial charge in [-0.05, 0) is 24.1 Å². The van der Waals surface area contributed by atoms with Crippen molar-refractivity contribution in [2.75, 3.05) is 19.8 Å². The van der Waals surface area contributed by atoms with Gasteiger partial charge in [0.2, 0.25) is 0 Å². The Morgan fingerprint density at radius 1 is 1.13 bits per heavy atom. The summed E-state index contributed by atoms with van der Waals surface area (Å²) in [6.07, 6.45) is 0. The molecule has 0 fully saturated rings. The lowest BCUT2D eigenvalue weighted by atomic mass is 9.78. The van der Waals surface area contributed by atoms with Crippen molar-refractivity contribution in [2.45, 2.75) is 12.8 Å². The number of nitrogens with one attached hydrogen (secondary N) is 1. The normalized spacial score (nSPS) is 23.5. The molecule has 1 N–H and O–H groups in total. The molecule has 5 nitrogen and oxygen atoms in total. The number of rotatable bonds is 1. The van der Waals surface area contributed by atoms with Crippen molar-refractivity contribution < 1.29 is 19.1 Å². The molecule has 3 aliphatic heterocycles. The minimum absolute atomic E-state index is 0.0434. The van der Waals surface area contributed by atoms with Crippen LogP contribution in [0.1, 0.15) is 17.0 Å². The number of hydrogen-bond donors (Lipinski definition) is 1. The summed E-state index contributed by atoms with van der Waals surface area (Å²) in [5.74, 6) is -0.851. The maximum atomic E-state index is 12.5. The summed E-state index contributed by atoms with van der Waals surface area (Å²) in [6.45, 7) is 2.59. The van der Waals surface area contributed by atoms with Crippen LogP contribution < -0.4 is 5.32 Å². The Bertz CT molecular complexity index is 809. The lowest BCUT2D eigenvalue weighted by Crippen LogP contribution is -2.37. The summed E-state index contributed by atoms with van der Waals surface area (Å²) in [5.41, 5.74) is 4.62. The van der Waals surface area contributed by atoms with Crippen LogP contribution in [0.25, 0.3) is 0 Å². The molecule has 4 rings (SSSR count). The Morgan fingerprint density at radius 2 is 1.91 bits per heavy atom. The van der Waals surface area contributed by atoms with E-state index in [1.807, 2.05) is 25.1 Å². The van der Waals surface area contributed by atoms with Crippen LogP contribution in [-0.2, 0) is 19.1 Å². The van der Waals surface area contributed by atoms with E-state index in [0.29, 0.717) is 17.8 Å². The summed E-state index contributed by atoms with van der Waals surface area (Å²) >= 11 is 3.53. The Balaban J connectivity index is 1.91. The number of benzene rings is 1. The summed E-state index contributed by atoms with van der Waals surface area (Å²) in [5, 5.41) is 3.16. The van der Waals surface area contributed by atoms with Gasteiger partial charge < -0.3 is 14.8 Å². The number of aryl methyl sites for hydroxylation is 1. The average molecular weight is 376 g/mol. The molecular formula is C17H14BrNO4. The van der Waals surface area contributed by atoms with E-state index in [2.05, 4.69) is 21.2 Å². The van der Waals surface area contributed by atoms with Crippen molar-refractivity contribution in [2.24, 2.45) is 0 Å². The van der Waals surface area contributed by atoms with Gasteiger partial charge in [-0.15, -0.1) is 0 Å². The lowest BCUT2D eigenvalue weighted by Gasteiger charge is -2.32. The van der Waals surface area contributed by atoms with Gasteiger partial charge in [0.15, 0.2) is 5.78 Å².